The third-order valence-corrected chi connectivity index (χ3v) is 5.29. The molecule has 0 saturated heterocycles. The van der Waals surface area contributed by atoms with Gasteiger partial charge in [0.1, 0.15) is 11.5 Å². The van der Waals surface area contributed by atoms with Crippen molar-refractivity contribution in [1.29, 1.82) is 0 Å². The van der Waals surface area contributed by atoms with Crippen molar-refractivity contribution in [3.05, 3.63) is 80.2 Å². The first-order valence-corrected chi connectivity index (χ1v) is 8.94. The zero-order chi connectivity index (χ0) is 18.8. The molecule has 0 N–H and O–H groups in total. The van der Waals surface area contributed by atoms with E-state index in [1.165, 1.54) is 33.1 Å². The fraction of sp³-hybridized carbons (Fsp3) is 0.211. The lowest BCUT2D eigenvalue weighted by atomic mass is 10.2. The number of hydrogen-bond donors (Lipinski definition) is 0. The zero-order valence-corrected chi connectivity index (χ0v) is 15.5. The third-order valence-electron chi connectivity index (χ3n) is 4.25. The normalized spacial score (nSPS) is 12.0. The highest BCUT2D eigenvalue weighted by Crippen LogP contribution is 2.24. The first-order chi connectivity index (χ1) is 12.4. The summed E-state index contributed by atoms with van der Waals surface area (Å²) in [5, 5.41) is 6.09. The molecule has 1 amide bonds. The van der Waals surface area contributed by atoms with Crippen LogP contribution in [0, 0.1) is 12.7 Å². The number of para-hydroxylation sites is 1. The molecule has 0 radical (unpaired) electrons. The molecule has 0 spiro atoms. The molecule has 2 heterocycles. The summed E-state index contributed by atoms with van der Waals surface area (Å²) in [4.78, 5) is 27.7. The van der Waals surface area contributed by atoms with Crippen LogP contribution in [0.25, 0.3) is 5.69 Å². The van der Waals surface area contributed by atoms with Crippen molar-refractivity contribution in [3.8, 4) is 5.69 Å². The molecule has 2 aromatic heterocycles. The van der Waals surface area contributed by atoms with Gasteiger partial charge in [0.25, 0.3) is 5.91 Å². The maximum Gasteiger partial charge on any atom is 0.278 e. The van der Waals surface area contributed by atoms with Crippen LogP contribution in [0.5, 0.6) is 0 Å². The molecule has 1 atom stereocenters. The lowest BCUT2D eigenvalue weighted by molar-refractivity contribution is 0.0735. The predicted octanol–water partition coefficient (Wildman–Crippen LogP) is 3.57. The number of aromatic nitrogens is 2. The van der Waals surface area contributed by atoms with Gasteiger partial charge in [-0.25, -0.2) is 9.07 Å². The highest BCUT2D eigenvalue weighted by Gasteiger charge is 2.24. The van der Waals surface area contributed by atoms with E-state index in [0.717, 1.165) is 4.88 Å². The number of halogens is 1. The Hall–Kier alpha value is -2.80. The number of hydrogen-bond acceptors (Lipinski definition) is 4. The van der Waals surface area contributed by atoms with Crippen LogP contribution in [-0.4, -0.2) is 27.6 Å². The van der Waals surface area contributed by atoms with E-state index in [4.69, 9.17) is 0 Å². The maximum atomic E-state index is 14.1. The van der Waals surface area contributed by atoms with Gasteiger partial charge in [-0.3, -0.25) is 9.59 Å². The highest BCUT2D eigenvalue weighted by atomic mass is 32.1. The average Bonchev–Trinajstić information content (AvgIpc) is 3.15. The minimum Gasteiger partial charge on any atom is -0.333 e. The van der Waals surface area contributed by atoms with Gasteiger partial charge >= 0.3 is 0 Å². The average molecular weight is 371 g/mol. The minimum absolute atomic E-state index is 0.188. The Bertz CT molecular complexity index is 998. The van der Waals surface area contributed by atoms with E-state index in [1.807, 2.05) is 24.4 Å². The summed E-state index contributed by atoms with van der Waals surface area (Å²) in [7, 11) is 1.63. The Morgan fingerprint density at radius 3 is 2.65 bits per heavy atom. The molecule has 0 bridgehead atoms. The van der Waals surface area contributed by atoms with Crippen LogP contribution >= 0.6 is 11.3 Å². The van der Waals surface area contributed by atoms with E-state index in [9.17, 15) is 14.0 Å². The van der Waals surface area contributed by atoms with E-state index in [1.54, 1.807) is 32.2 Å². The molecule has 0 fully saturated rings. The Balaban J connectivity index is 2.02. The standard InChI is InChI=1S/C19H18FN3O2S/c1-12-11-16(24)18(21-23(12)15-8-5-4-7-14(15)20)19(25)22(3)13(2)17-9-6-10-26-17/h4-11,13H,1-3H3. The first-order valence-electron chi connectivity index (χ1n) is 8.06. The topological polar surface area (TPSA) is 55.2 Å². The number of benzene rings is 1. The molecular formula is C19H18FN3O2S. The summed E-state index contributed by atoms with van der Waals surface area (Å²) in [5.74, 6) is -0.980. The number of amides is 1. The van der Waals surface area contributed by atoms with E-state index >= 15 is 0 Å². The van der Waals surface area contributed by atoms with Crippen LogP contribution in [0.1, 0.15) is 34.0 Å². The molecule has 3 aromatic rings. The Kier molecular flexibility index (Phi) is 4.99. The van der Waals surface area contributed by atoms with Crippen molar-refractivity contribution in [3.63, 3.8) is 0 Å². The minimum atomic E-state index is -0.499. The Morgan fingerprint density at radius 1 is 1.27 bits per heavy atom. The van der Waals surface area contributed by atoms with Gasteiger partial charge in [0.05, 0.1) is 6.04 Å². The van der Waals surface area contributed by atoms with Crippen molar-refractivity contribution >= 4 is 17.2 Å². The summed E-state index contributed by atoms with van der Waals surface area (Å²) in [6, 6.07) is 11.0. The number of carbonyl (C=O) groups excluding carboxylic acids is 1. The molecule has 0 aliphatic carbocycles. The molecule has 134 valence electrons. The molecular weight excluding hydrogens is 353 g/mol. The van der Waals surface area contributed by atoms with E-state index in [-0.39, 0.29) is 17.4 Å². The SMILES string of the molecule is Cc1cc(=O)c(C(=O)N(C)C(C)c2cccs2)nn1-c1ccccc1F. The van der Waals surface area contributed by atoms with Crippen molar-refractivity contribution in [2.45, 2.75) is 19.9 Å². The Morgan fingerprint density at radius 2 is 2.00 bits per heavy atom. The molecule has 0 saturated carbocycles. The molecule has 26 heavy (non-hydrogen) atoms. The van der Waals surface area contributed by atoms with Gasteiger partial charge in [0, 0.05) is 23.7 Å². The van der Waals surface area contributed by atoms with Crippen LogP contribution in [0.2, 0.25) is 0 Å². The lowest BCUT2D eigenvalue weighted by Gasteiger charge is -2.24. The second-order valence-corrected chi connectivity index (χ2v) is 6.95. The third kappa shape index (κ3) is 3.30. The summed E-state index contributed by atoms with van der Waals surface area (Å²) in [6.07, 6.45) is 0. The monoisotopic (exact) mass is 371 g/mol. The molecule has 5 nitrogen and oxygen atoms in total. The van der Waals surface area contributed by atoms with Gasteiger partial charge in [0.15, 0.2) is 5.69 Å². The fourth-order valence-electron chi connectivity index (χ4n) is 2.63. The van der Waals surface area contributed by atoms with Gasteiger partial charge in [-0.1, -0.05) is 18.2 Å². The maximum absolute atomic E-state index is 14.1. The van der Waals surface area contributed by atoms with E-state index in [0.29, 0.717) is 5.69 Å². The second kappa shape index (κ2) is 7.21. The van der Waals surface area contributed by atoms with Crippen molar-refractivity contribution in [1.82, 2.24) is 14.7 Å². The number of thiophene rings is 1. The summed E-state index contributed by atoms with van der Waals surface area (Å²) >= 11 is 1.53. The summed E-state index contributed by atoms with van der Waals surface area (Å²) < 4.78 is 15.4. The van der Waals surface area contributed by atoms with Gasteiger partial charge in [-0.15, -0.1) is 11.3 Å². The molecule has 0 aliphatic rings. The lowest BCUT2D eigenvalue weighted by Crippen LogP contribution is -2.35. The smallest absolute Gasteiger partial charge is 0.278 e. The second-order valence-electron chi connectivity index (χ2n) is 5.97. The largest absolute Gasteiger partial charge is 0.333 e. The number of nitrogens with zero attached hydrogens (tertiary/aromatic N) is 3. The van der Waals surface area contributed by atoms with Crippen LogP contribution in [0.3, 0.4) is 0 Å². The summed E-state index contributed by atoms with van der Waals surface area (Å²) in [6.45, 7) is 3.53. The fourth-order valence-corrected chi connectivity index (χ4v) is 3.45. The Labute approximate surface area is 154 Å². The molecule has 3 rings (SSSR count). The number of rotatable bonds is 4. The molecule has 0 aliphatic heterocycles. The van der Waals surface area contributed by atoms with Crippen molar-refractivity contribution in [2.24, 2.45) is 0 Å². The van der Waals surface area contributed by atoms with Crippen LogP contribution in [0.4, 0.5) is 4.39 Å². The zero-order valence-electron chi connectivity index (χ0n) is 14.6. The number of aryl methyl sites for hydroxylation is 1. The molecule has 1 aromatic carbocycles. The van der Waals surface area contributed by atoms with E-state index in [2.05, 4.69) is 5.10 Å². The van der Waals surface area contributed by atoms with Crippen molar-refractivity contribution < 1.29 is 9.18 Å². The van der Waals surface area contributed by atoms with Crippen molar-refractivity contribution in [2.75, 3.05) is 7.05 Å². The predicted molar refractivity (Wildman–Crippen MR) is 99.4 cm³/mol. The van der Waals surface area contributed by atoms with Gasteiger partial charge < -0.3 is 4.90 Å². The quantitative estimate of drug-likeness (QED) is 0.704. The number of carbonyl (C=O) groups is 1. The molecule has 7 heteroatoms. The van der Waals surface area contributed by atoms with Gasteiger partial charge in [-0.05, 0) is 37.4 Å². The van der Waals surface area contributed by atoms with Gasteiger partial charge in [-0.2, -0.15) is 5.10 Å². The van der Waals surface area contributed by atoms with Crippen LogP contribution in [0.15, 0.2) is 52.6 Å². The van der Waals surface area contributed by atoms with Crippen LogP contribution < -0.4 is 5.43 Å². The highest BCUT2D eigenvalue weighted by molar-refractivity contribution is 7.10. The van der Waals surface area contributed by atoms with Gasteiger partial charge in [0.2, 0.25) is 5.43 Å². The molecule has 1 unspecified atom stereocenters. The summed E-state index contributed by atoms with van der Waals surface area (Å²) in [5.41, 5.74) is -0.0753. The van der Waals surface area contributed by atoms with Crippen LogP contribution in [-0.2, 0) is 0 Å². The first kappa shape index (κ1) is 18.0. The van der Waals surface area contributed by atoms with E-state index < -0.39 is 17.2 Å².